The molecule has 0 saturated carbocycles. The van der Waals surface area contributed by atoms with Crippen molar-refractivity contribution in [2.75, 3.05) is 13.4 Å². The molecule has 4 nitrogen and oxygen atoms in total. The lowest BCUT2D eigenvalue weighted by molar-refractivity contribution is -0.136. The van der Waals surface area contributed by atoms with Gasteiger partial charge in [-0.1, -0.05) is 0 Å². The standard InChI is InChI=1S/C9H13NO3S2/c1-13-4-6-7(3-9(11)12)15-8(10-6)5-14-2/h3-5H2,1-2H3,(H,11,12). The summed E-state index contributed by atoms with van der Waals surface area (Å²) in [4.78, 5) is 15.8. The van der Waals surface area contributed by atoms with Gasteiger partial charge >= 0.3 is 5.97 Å². The lowest BCUT2D eigenvalue weighted by atomic mass is 10.3. The fraction of sp³-hybridized carbons (Fsp3) is 0.556. The van der Waals surface area contributed by atoms with E-state index >= 15 is 0 Å². The average molecular weight is 247 g/mol. The second-order valence-electron chi connectivity index (χ2n) is 2.91. The normalized spacial score (nSPS) is 10.5. The van der Waals surface area contributed by atoms with Crippen LogP contribution in [0.1, 0.15) is 15.6 Å². The molecule has 0 bridgehead atoms. The van der Waals surface area contributed by atoms with Crippen molar-refractivity contribution in [1.82, 2.24) is 4.98 Å². The van der Waals surface area contributed by atoms with Crippen LogP contribution >= 0.6 is 23.1 Å². The van der Waals surface area contributed by atoms with Gasteiger partial charge in [-0.2, -0.15) is 11.8 Å². The zero-order valence-corrected chi connectivity index (χ0v) is 10.3. The van der Waals surface area contributed by atoms with E-state index in [0.29, 0.717) is 6.61 Å². The van der Waals surface area contributed by atoms with Crippen LogP contribution in [0.25, 0.3) is 0 Å². The first kappa shape index (κ1) is 12.5. The maximum atomic E-state index is 10.6. The summed E-state index contributed by atoms with van der Waals surface area (Å²) in [6.45, 7) is 0.382. The molecule has 0 aliphatic carbocycles. The van der Waals surface area contributed by atoms with Gasteiger partial charge in [0.1, 0.15) is 5.01 Å². The largest absolute Gasteiger partial charge is 0.481 e. The molecule has 1 aromatic heterocycles. The third kappa shape index (κ3) is 3.81. The van der Waals surface area contributed by atoms with E-state index in [2.05, 4.69) is 4.98 Å². The van der Waals surface area contributed by atoms with Crippen LogP contribution in [0, 0.1) is 0 Å². The molecule has 0 radical (unpaired) electrons. The minimum Gasteiger partial charge on any atom is -0.481 e. The van der Waals surface area contributed by atoms with E-state index < -0.39 is 5.97 Å². The van der Waals surface area contributed by atoms with Crippen LogP contribution < -0.4 is 0 Å². The molecule has 1 N–H and O–H groups in total. The fourth-order valence-corrected chi connectivity index (χ4v) is 2.91. The molecular weight excluding hydrogens is 234 g/mol. The first-order chi connectivity index (χ1) is 7.17. The molecule has 0 saturated heterocycles. The minimum absolute atomic E-state index is 0.0325. The Kier molecular flexibility index (Phi) is 5.07. The summed E-state index contributed by atoms with van der Waals surface area (Å²) in [6.07, 6.45) is 2.03. The fourth-order valence-electron chi connectivity index (χ4n) is 1.15. The molecule has 0 unspecified atom stereocenters. The van der Waals surface area contributed by atoms with Gasteiger partial charge in [0.2, 0.25) is 0 Å². The van der Waals surface area contributed by atoms with Gasteiger partial charge < -0.3 is 9.84 Å². The predicted octanol–water partition coefficient (Wildman–Crippen LogP) is 1.78. The molecule has 0 aliphatic rings. The molecule has 1 rings (SSSR count). The van der Waals surface area contributed by atoms with E-state index in [1.54, 1.807) is 18.9 Å². The molecule has 84 valence electrons. The third-order valence-corrected chi connectivity index (χ3v) is 3.53. The number of aliphatic carboxylic acids is 1. The van der Waals surface area contributed by atoms with Crippen molar-refractivity contribution in [3.63, 3.8) is 0 Å². The van der Waals surface area contributed by atoms with Gasteiger partial charge in [0.05, 0.1) is 18.7 Å². The summed E-state index contributed by atoms with van der Waals surface area (Å²) in [5, 5.41) is 9.70. The highest BCUT2D eigenvalue weighted by molar-refractivity contribution is 7.97. The van der Waals surface area contributed by atoms with Gasteiger partial charge in [-0.15, -0.1) is 11.3 Å². The highest BCUT2D eigenvalue weighted by atomic mass is 32.2. The van der Waals surface area contributed by atoms with Gasteiger partial charge in [-0.05, 0) is 6.26 Å². The Balaban J connectivity index is 2.84. The number of ether oxygens (including phenoxy) is 1. The zero-order chi connectivity index (χ0) is 11.3. The van der Waals surface area contributed by atoms with E-state index in [0.717, 1.165) is 21.3 Å². The maximum absolute atomic E-state index is 10.6. The van der Waals surface area contributed by atoms with Crippen LogP contribution in [0.5, 0.6) is 0 Å². The topological polar surface area (TPSA) is 59.4 Å². The van der Waals surface area contributed by atoms with E-state index in [1.807, 2.05) is 6.26 Å². The Morgan fingerprint density at radius 3 is 2.93 bits per heavy atom. The second kappa shape index (κ2) is 6.09. The number of hydrogen-bond acceptors (Lipinski definition) is 5. The summed E-state index contributed by atoms with van der Waals surface area (Å²) in [5.74, 6) is -0.00669. The van der Waals surface area contributed by atoms with E-state index in [4.69, 9.17) is 9.84 Å². The molecule has 1 heterocycles. The van der Waals surface area contributed by atoms with Crippen molar-refractivity contribution in [3.05, 3.63) is 15.6 Å². The summed E-state index contributed by atoms with van der Waals surface area (Å²) in [5.41, 5.74) is 0.758. The van der Waals surface area contributed by atoms with Gasteiger partial charge in [0.25, 0.3) is 0 Å². The van der Waals surface area contributed by atoms with Crippen LogP contribution in [-0.2, 0) is 28.3 Å². The molecular formula is C9H13NO3S2. The summed E-state index contributed by atoms with van der Waals surface area (Å²) >= 11 is 3.13. The Bertz CT molecular complexity index is 338. The Morgan fingerprint density at radius 2 is 2.40 bits per heavy atom. The molecule has 1 aromatic rings. The number of thiazole rings is 1. The van der Waals surface area contributed by atoms with Crippen molar-refractivity contribution in [2.24, 2.45) is 0 Å². The van der Waals surface area contributed by atoms with Gasteiger partial charge in [-0.3, -0.25) is 4.79 Å². The highest BCUT2D eigenvalue weighted by Crippen LogP contribution is 2.23. The number of aromatic nitrogens is 1. The molecule has 0 atom stereocenters. The SMILES string of the molecule is COCc1nc(CSC)sc1CC(=O)O. The van der Waals surface area contributed by atoms with Crippen molar-refractivity contribution in [3.8, 4) is 0 Å². The smallest absolute Gasteiger partial charge is 0.308 e. The zero-order valence-electron chi connectivity index (χ0n) is 8.65. The summed E-state index contributed by atoms with van der Waals surface area (Å²) in [6, 6.07) is 0. The highest BCUT2D eigenvalue weighted by Gasteiger charge is 2.13. The number of rotatable bonds is 6. The minimum atomic E-state index is -0.827. The van der Waals surface area contributed by atoms with E-state index in [9.17, 15) is 4.79 Å². The average Bonchev–Trinajstić information content (AvgIpc) is 2.48. The molecule has 0 amide bonds. The number of nitrogens with zero attached hydrogens (tertiary/aromatic N) is 1. The third-order valence-electron chi connectivity index (χ3n) is 1.68. The number of carboxylic acid groups (broad SMARTS) is 1. The van der Waals surface area contributed by atoms with Gasteiger partial charge in [0.15, 0.2) is 0 Å². The van der Waals surface area contributed by atoms with Gasteiger partial charge in [0, 0.05) is 17.7 Å². The first-order valence-electron chi connectivity index (χ1n) is 4.34. The number of carbonyl (C=O) groups is 1. The monoisotopic (exact) mass is 247 g/mol. The molecule has 0 aromatic carbocycles. The first-order valence-corrected chi connectivity index (χ1v) is 6.55. The Morgan fingerprint density at radius 1 is 1.67 bits per heavy atom. The Labute approximate surface area is 96.7 Å². The molecule has 6 heteroatoms. The van der Waals surface area contributed by atoms with Crippen LogP contribution in [0.3, 0.4) is 0 Å². The van der Waals surface area contributed by atoms with Crippen molar-refractivity contribution in [1.29, 1.82) is 0 Å². The van der Waals surface area contributed by atoms with E-state index in [-0.39, 0.29) is 6.42 Å². The quantitative estimate of drug-likeness (QED) is 0.830. The van der Waals surface area contributed by atoms with Crippen molar-refractivity contribution < 1.29 is 14.6 Å². The van der Waals surface area contributed by atoms with Gasteiger partial charge in [-0.25, -0.2) is 4.98 Å². The summed E-state index contributed by atoms with van der Waals surface area (Å²) < 4.78 is 4.99. The number of thioether (sulfide) groups is 1. The van der Waals surface area contributed by atoms with E-state index in [1.165, 1.54) is 11.3 Å². The molecule has 15 heavy (non-hydrogen) atoms. The maximum Gasteiger partial charge on any atom is 0.308 e. The lowest BCUT2D eigenvalue weighted by Gasteiger charge is -1.96. The molecule has 0 aliphatic heterocycles. The van der Waals surface area contributed by atoms with Crippen molar-refractivity contribution >= 4 is 29.1 Å². The summed E-state index contributed by atoms with van der Waals surface area (Å²) in [7, 11) is 1.58. The number of methoxy groups -OCH3 is 1. The van der Waals surface area contributed by atoms with Crippen LogP contribution in [0.2, 0.25) is 0 Å². The molecule has 0 fully saturated rings. The van der Waals surface area contributed by atoms with Crippen LogP contribution in [-0.4, -0.2) is 29.4 Å². The molecule has 0 spiro atoms. The number of carboxylic acids is 1. The Hall–Kier alpha value is -0.590. The number of hydrogen-bond donors (Lipinski definition) is 1. The van der Waals surface area contributed by atoms with Crippen molar-refractivity contribution in [2.45, 2.75) is 18.8 Å². The van der Waals surface area contributed by atoms with Crippen LogP contribution in [0.15, 0.2) is 0 Å². The van der Waals surface area contributed by atoms with Crippen LogP contribution in [0.4, 0.5) is 0 Å². The predicted molar refractivity (Wildman–Crippen MR) is 61.4 cm³/mol. The lowest BCUT2D eigenvalue weighted by Crippen LogP contribution is -2.01. The second-order valence-corrected chi connectivity index (χ2v) is 4.95.